The van der Waals surface area contributed by atoms with Crippen molar-refractivity contribution in [2.75, 3.05) is 40.9 Å². The highest BCUT2D eigenvalue weighted by Crippen LogP contribution is 2.38. The molecule has 0 fully saturated rings. The molecule has 8 nitrogen and oxygen atoms in total. The Labute approximate surface area is 562 Å². The molecule has 0 spiro atoms. The van der Waals surface area contributed by atoms with Gasteiger partial charge in [0, 0.05) is 6.42 Å². The molecule has 0 saturated carbocycles. The smallest absolute Gasteiger partial charge is 0.268 e. The first-order valence-electron chi connectivity index (χ1n) is 39.7. The van der Waals surface area contributed by atoms with Crippen LogP contribution in [0, 0.1) is 0 Å². The van der Waals surface area contributed by atoms with Crippen LogP contribution in [0.25, 0.3) is 0 Å². The van der Waals surface area contributed by atoms with E-state index in [0.29, 0.717) is 17.4 Å². The summed E-state index contributed by atoms with van der Waals surface area (Å²) in [5.74, 6) is -0.189. The van der Waals surface area contributed by atoms with Crippen LogP contribution in [0.3, 0.4) is 0 Å². The van der Waals surface area contributed by atoms with Gasteiger partial charge in [-0.3, -0.25) is 9.36 Å². The summed E-state index contributed by atoms with van der Waals surface area (Å²) in [7, 11) is 1.28. The average Bonchev–Trinajstić information content (AvgIpc) is 3.18. The summed E-state index contributed by atoms with van der Waals surface area (Å²) in [6.45, 7) is 4.60. The third-order valence-electron chi connectivity index (χ3n) is 18.2. The van der Waals surface area contributed by atoms with E-state index in [4.69, 9.17) is 9.05 Å². The number of phosphoric acid groups is 1. The maximum atomic E-state index is 13.1. The number of hydrogen-bond donors (Lipinski definition) is 2. The molecule has 3 unspecified atom stereocenters. The Morgan fingerprint density at radius 3 is 0.989 bits per heavy atom. The molecule has 0 aliphatic heterocycles. The van der Waals surface area contributed by atoms with E-state index in [2.05, 4.69) is 67.8 Å². The van der Waals surface area contributed by atoms with Crippen molar-refractivity contribution in [3.05, 3.63) is 60.8 Å². The van der Waals surface area contributed by atoms with Crippen LogP contribution in [-0.2, 0) is 18.4 Å². The minimum absolute atomic E-state index is 0.000636. The van der Waals surface area contributed by atoms with Gasteiger partial charge in [0.2, 0.25) is 5.91 Å². The maximum absolute atomic E-state index is 13.1. The van der Waals surface area contributed by atoms with Crippen LogP contribution in [-0.4, -0.2) is 68.5 Å². The van der Waals surface area contributed by atoms with Gasteiger partial charge in [0.15, 0.2) is 0 Å². The first-order valence-corrected chi connectivity index (χ1v) is 41.1. The van der Waals surface area contributed by atoms with Gasteiger partial charge in [-0.15, -0.1) is 0 Å². The molecule has 0 aromatic carbocycles. The van der Waals surface area contributed by atoms with Gasteiger partial charge >= 0.3 is 0 Å². The van der Waals surface area contributed by atoms with Crippen LogP contribution in [0.2, 0.25) is 0 Å². The Morgan fingerprint density at radius 2 is 0.678 bits per heavy atom. The third-order valence-corrected chi connectivity index (χ3v) is 19.2. The van der Waals surface area contributed by atoms with Crippen molar-refractivity contribution in [2.24, 2.45) is 0 Å². The number of carbonyl (C=O) groups excluding carboxylic acids is 1. The molecule has 0 radical (unpaired) electrons. The maximum Gasteiger partial charge on any atom is 0.268 e. The van der Waals surface area contributed by atoms with Crippen molar-refractivity contribution in [2.45, 2.75) is 411 Å². The minimum Gasteiger partial charge on any atom is -0.756 e. The Hall–Kier alpha value is -1.80. The fraction of sp³-hybridized carbons (Fsp3) is 0.864. The Morgan fingerprint density at radius 1 is 0.400 bits per heavy atom. The predicted octanol–water partition coefficient (Wildman–Crippen LogP) is 25.3. The van der Waals surface area contributed by atoms with Crippen molar-refractivity contribution in [1.29, 1.82) is 0 Å². The molecule has 3 atom stereocenters. The highest BCUT2D eigenvalue weighted by Gasteiger charge is 2.23. The second-order valence-electron chi connectivity index (χ2n) is 28.4. The first-order chi connectivity index (χ1) is 44.0. The molecule has 0 aromatic heterocycles. The molecule has 0 aromatic rings. The summed E-state index contributed by atoms with van der Waals surface area (Å²) in [5.41, 5.74) is 0. The number of aliphatic hydroxyl groups excluding tert-OH is 1. The van der Waals surface area contributed by atoms with Gasteiger partial charge in [-0.2, -0.15) is 0 Å². The van der Waals surface area contributed by atoms with Crippen LogP contribution < -0.4 is 10.2 Å². The number of allylic oxidation sites excluding steroid dienone is 9. The number of unbranched alkanes of at least 4 members (excludes halogenated alkanes) is 53. The zero-order valence-electron chi connectivity index (χ0n) is 60.9. The number of phosphoric ester groups is 1. The molecular formula is C81H155N2O6P. The van der Waals surface area contributed by atoms with Crippen molar-refractivity contribution < 1.29 is 32.9 Å². The number of likely N-dealkylation sites (N-methyl/N-ethyl adjacent to an activating group) is 1. The van der Waals surface area contributed by atoms with E-state index >= 15 is 0 Å². The van der Waals surface area contributed by atoms with Crippen LogP contribution in [0.1, 0.15) is 399 Å². The summed E-state index contributed by atoms with van der Waals surface area (Å²) >= 11 is 0. The SMILES string of the molecule is CC/C=C\C/C=C\C/C=C\C/C=C\CCCCCCCCCCCCCCCCCCCCCCCCCCC(=O)NC(COP(=O)([O-])OCC[N+](C)(C)C)C(O)/C=C/CCCCCCCCCCCCCCCCCCCCCCCCCCCCCCC. The lowest BCUT2D eigenvalue weighted by Crippen LogP contribution is -2.45. The molecule has 0 heterocycles. The standard InChI is InChI=1S/C81H155N2O6P/c1-6-8-10-12-14-16-18-20-22-24-26-28-30-32-34-36-38-39-40-41-42-43-45-47-49-51-53-55-57-59-61-63-65-67-69-71-73-75-81(85)82-79(78-89-90(86,87)88-77-76-83(3,4)5)80(84)74-72-70-68-66-64-62-60-58-56-54-52-50-48-46-44-37-35-33-31-29-27-25-23-21-19-17-15-13-11-9-7-2/h8,10,14,16,20,22,26,28,72,74,79-80,84H,6-7,9,11-13,15,17-19,21,23-25,27,29-71,73,75-78H2,1-5H3,(H-,82,85,86,87)/b10-8-,16-14-,22-20-,28-26-,74-72+. The van der Waals surface area contributed by atoms with E-state index in [-0.39, 0.29) is 19.1 Å². The van der Waals surface area contributed by atoms with Gasteiger partial charge in [-0.05, 0) is 57.8 Å². The van der Waals surface area contributed by atoms with E-state index in [0.717, 1.165) is 64.2 Å². The van der Waals surface area contributed by atoms with Crippen molar-refractivity contribution in [1.82, 2.24) is 5.32 Å². The normalized spacial score (nSPS) is 13.8. The fourth-order valence-electron chi connectivity index (χ4n) is 12.2. The van der Waals surface area contributed by atoms with Crippen molar-refractivity contribution >= 4 is 13.7 Å². The van der Waals surface area contributed by atoms with Crippen LogP contribution in [0.5, 0.6) is 0 Å². The van der Waals surface area contributed by atoms with Crippen LogP contribution in [0.15, 0.2) is 60.8 Å². The van der Waals surface area contributed by atoms with Crippen molar-refractivity contribution in [3.8, 4) is 0 Å². The van der Waals surface area contributed by atoms with Gasteiger partial charge in [0.05, 0.1) is 39.9 Å². The van der Waals surface area contributed by atoms with E-state index in [9.17, 15) is 19.4 Å². The van der Waals surface area contributed by atoms with Crippen LogP contribution in [0.4, 0.5) is 0 Å². The molecule has 0 saturated heterocycles. The van der Waals surface area contributed by atoms with E-state index in [1.54, 1.807) is 6.08 Å². The zero-order valence-corrected chi connectivity index (χ0v) is 61.8. The number of hydrogen-bond acceptors (Lipinski definition) is 6. The summed E-state index contributed by atoms with van der Waals surface area (Å²) in [5, 5.41) is 14.0. The molecule has 9 heteroatoms. The third kappa shape index (κ3) is 73.6. The molecule has 90 heavy (non-hydrogen) atoms. The van der Waals surface area contributed by atoms with Gasteiger partial charge in [-0.1, -0.05) is 396 Å². The molecular weight excluding hydrogens is 1130 g/mol. The number of amides is 1. The van der Waals surface area contributed by atoms with Gasteiger partial charge in [-0.25, -0.2) is 0 Å². The summed E-state index contributed by atoms with van der Waals surface area (Å²) in [4.78, 5) is 25.7. The number of nitrogens with zero attached hydrogens (tertiary/aromatic N) is 1. The molecule has 0 bridgehead atoms. The summed E-state index contributed by atoms with van der Waals surface area (Å²) in [6.07, 6.45) is 99.6. The van der Waals surface area contributed by atoms with Gasteiger partial charge in [0.1, 0.15) is 13.2 Å². The molecule has 530 valence electrons. The quantitative estimate of drug-likeness (QED) is 0.0272. The average molecular weight is 1280 g/mol. The lowest BCUT2D eigenvalue weighted by molar-refractivity contribution is -0.870. The van der Waals surface area contributed by atoms with Crippen molar-refractivity contribution in [3.63, 3.8) is 0 Å². The van der Waals surface area contributed by atoms with Gasteiger partial charge < -0.3 is 28.8 Å². The molecule has 2 N–H and O–H groups in total. The second-order valence-corrected chi connectivity index (χ2v) is 29.8. The molecule has 1 amide bonds. The minimum atomic E-state index is -4.61. The zero-order chi connectivity index (χ0) is 65.5. The number of carbonyl (C=O) groups is 1. The first kappa shape index (κ1) is 88.2. The molecule has 0 aliphatic rings. The fourth-order valence-corrected chi connectivity index (χ4v) is 12.9. The Bertz CT molecular complexity index is 1650. The highest BCUT2D eigenvalue weighted by molar-refractivity contribution is 7.45. The topological polar surface area (TPSA) is 108 Å². The van der Waals surface area contributed by atoms with E-state index in [1.165, 1.54) is 315 Å². The number of rotatable bonds is 74. The summed E-state index contributed by atoms with van der Waals surface area (Å²) < 4.78 is 23.5. The number of quaternary nitrogens is 1. The number of aliphatic hydroxyl groups is 1. The monoisotopic (exact) mass is 1280 g/mol. The van der Waals surface area contributed by atoms with E-state index < -0.39 is 20.0 Å². The van der Waals surface area contributed by atoms with E-state index in [1.807, 2.05) is 27.2 Å². The Balaban J connectivity index is 3.95. The Kier molecular flexibility index (Phi) is 70.1. The predicted molar refractivity (Wildman–Crippen MR) is 394 cm³/mol. The summed E-state index contributed by atoms with van der Waals surface area (Å²) in [6, 6.07) is -0.888. The van der Waals surface area contributed by atoms with Gasteiger partial charge in [0.25, 0.3) is 7.82 Å². The lowest BCUT2D eigenvalue weighted by atomic mass is 10.0. The lowest BCUT2D eigenvalue weighted by Gasteiger charge is -2.29. The molecule has 0 rings (SSSR count). The number of nitrogens with one attached hydrogen (secondary N) is 1. The van der Waals surface area contributed by atoms with Crippen LogP contribution >= 0.6 is 7.82 Å². The highest BCUT2D eigenvalue weighted by atomic mass is 31.2. The second kappa shape index (κ2) is 71.5. The largest absolute Gasteiger partial charge is 0.756 e. The molecule has 0 aliphatic carbocycles.